The number of carboxylic acids is 1. The van der Waals surface area contributed by atoms with Crippen LogP contribution in [0.2, 0.25) is 0 Å². The molecular weight excluding hydrogens is 509 g/mol. The summed E-state index contributed by atoms with van der Waals surface area (Å²) in [6, 6.07) is 8.60. The molecule has 1 aromatic heterocycles. The Balaban J connectivity index is 0.000000426. The van der Waals surface area contributed by atoms with E-state index < -0.39 is 24.1 Å². The number of carbonyl (C=O) groups is 5. The normalized spacial score (nSPS) is 19.5. The fourth-order valence-electron chi connectivity index (χ4n) is 4.62. The summed E-state index contributed by atoms with van der Waals surface area (Å²) in [5.74, 6) is -3.59. The highest BCUT2D eigenvalue weighted by Gasteiger charge is 2.39. The average Bonchev–Trinajstić information content (AvgIpc) is 3.19. The second-order valence-corrected chi connectivity index (χ2v) is 8.95. The van der Waals surface area contributed by atoms with Gasteiger partial charge < -0.3 is 14.9 Å². The molecule has 0 spiro atoms. The second kappa shape index (κ2) is 10.6. The SMILES string of the molecule is O=C(O)C(F)(F)F.O=C1CCC(N2Cc3cc(-c4ncccc4N4CCCCC4=O)ccc3C2=O)C(=O)N1. The van der Waals surface area contributed by atoms with Crippen LogP contribution in [0.3, 0.4) is 0 Å². The van der Waals surface area contributed by atoms with E-state index in [0.29, 0.717) is 37.2 Å². The van der Waals surface area contributed by atoms with Gasteiger partial charge in [-0.15, -0.1) is 0 Å². The molecule has 1 atom stereocenters. The number of pyridine rings is 1. The number of piperidine rings is 2. The highest BCUT2D eigenvalue weighted by Crippen LogP contribution is 2.35. The molecule has 38 heavy (non-hydrogen) atoms. The fraction of sp³-hybridized carbons (Fsp3) is 0.360. The van der Waals surface area contributed by atoms with Crippen molar-refractivity contribution in [3.8, 4) is 11.3 Å². The van der Waals surface area contributed by atoms with E-state index in [4.69, 9.17) is 9.90 Å². The summed E-state index contributed by atoms with van der Waals surface area (Å²) in [7, 11) is 0. The van der Waals surface area contributed by atoms with Gasteiger partial charge in [-0.1, -0.05) is 6.07 Å². The second-order valence-electron chi connectivity index (χ2n) is 8.95. The van der Waals surface area contributed by atoms with Gasteiger partial charge in [0.05, 0.1) is 11.4 Å². The average molecular weight is 532 g/mol. The predicted molar refractivity (Wildman–Crippen MR) is 126 cm³/mol. The number of nitrogens with one attached hydrogen (secondary N) is 1. The third-order valence-corrected chi connectivity index (χ3v) is 6.44. The third-order valence-electron chi connectivity index (χ3n) is 6.44. The molecule has 2 saturated heterocycles. The van der Waals surface area contributed by atoms with E-state index in [1.54, 1.807) is 17.2 Å². The molecule has 2 fully saturated rings. The molecule has 0 aliphatic carbocycles. The van der Waals surface area contributed by atoms with E-state index in [1.807, 2.05) is 24.3 Å². The molecular formula is C25H23F3N4O6. The Morgan fingerprint density at radius 2 is 1.82 bits per heavy atom. The van der Waals surface area contributed by atoms with Crippen LogP contribution in [0, 0.1) is 0 Å². The quantitative estimate of drug-likeness (QED) is 0.580. The highest BCUT2D eigenvalue weighted by atomic mass is 19.4. The topological polar surface area (TPSA) is 137 Å². The van der Waals surface area contributed by atoms with Crippen molar-refractivity contribution >= 4 is 35.3 Å². The van der Waals surface area contributed by atoms with E-state index in [-0.39, 0.29) is 24.1 Å². The molecule has 0 bridgehead atoms. The summed E-state index contributed by atoms with van der Waals surface area (Å²) in [6.07, 6.45) is -0.432. The lowest BCUT2D eigenvalue weighted by molar-refractivity contribution is -0.192. The fourth-order valence-corrected chi connectivity index (χ4v) is 4.62. The van der Waals surface area contributed by atoms with Crippen LogP contribution in [0.15, 0.2) is 36.5 Å². The van der Waals surface area contributed by atoms with Gasteiger partial charge in [0.2, 0.25) is 17.7 Å². The van der Waals surface area contributed by atoms with Gasteiger partial charge in [-0.3, -0.25) is 29.5 Å². The highest BCUT2D eigenvalue weighted by molar-refractivity contribution is 6.06. The smallest absolute Gasteiger partial charge is 0.475 e. The molecule has 1 unspecified atom stereocenters. The maximum absolute atomic E-state index is 12.9. The molecule has 0 saturated carbocycles. The molecule has 1 aromatic carbocycles. The Labute approximate surface area is 214 Å². The lowest BCUT2D eigenvalue weighted by Gasteiger charge is -2.29. The van der Waals surface area contributed by atoms with Gasteiger partial charge in [-0.2, -0.15) is 13.2 Å². The Kier molecular flexibility index (Phi) is 7.46. The number of rotatable bonds is 3. The first-order valence-electron chi connectivity index (χ1n) is 11.8. The Hall–Kier alpha value is -4.29. The van der Waals surface area contributed by atoms with Crippen LogP contribution in [0.1, 0.15) is 48.0 Å². The number of carbonyl (C=O) groups excluding carboxylic acids is 4. The van der Waals surface area contributed by atoms with Crippen molar-refractivity contribution in [1.82, 2.24) is 15.2 Å². The maximum atomic E-state index is 12.9. The molecule has 200 valence electrons. The van der Waals surface area contributed by atoms with Crippen molar-refractivity contribution in [1.29, 1.82) is 0 Å². The number of aliphatic carboxylic acids is 1. The minimum Gasteiger partial charge on any atom is -0.475 e. The van der Waals surface area contributed by atoms with Gasteiger partial charge in [0.1, 0.15) is 6.04 Å². The summed E-state index contributed by atoms with van der Waals surface area (Å²) >= 11 is 0. The first-order chi connectivity index (χ1) is 18.0. The zero-order valence-corrected chi connectivity index (χ0v) is 20.0. The molecule has 5 rings (SSSR count). The number of anilines is 1. The van der Waals surface area contributed by atoms with Crippen LogP contribution in [-0.4, -0.2) is 63.4 Å². The molecule has 3 aliphatic rings. The lowest BCUT2D eigenvalue weighted by Crippen LogP contribution is -2.52. The number of imide groups is 1. The summed E-state index contributed by atoms with van der Waals surface area (Å²) in [4.78, 5) is 65.8. The number of carboxylic acid groups (broad SMARTS) is 1. The van der Waals surface area contributed by atoms with Crippen LogP contribution < -0.4 is 10.2 Å². The molecule has 2 aromatic rings. The van der Waals surface area contributed by atoms with Crippen LogP contribution in [0.5, 0.6) is 0 Å². The Morgan fingerprint density at radius 1 is 1.08 bits per heavy atom. The van der Waals surface area contributed by atoms with E-state index in [1.165, 1.54) is 4.90 Å². The number of nitrogens with zero attached hydrogens (tertiary/aromatic N) is 3. The molecule has 4 heterocycles. The zero-order valence-electron chi connectivity index (χ0n) is 20.0. The third kappa shape index (κ3) is 5.50. The largest absolute Gasteiger partial charge is 0.490 e. The van der Waals surface area contributed by atoms with Crippen molar-refractivity contribution in [2.45, 2.75) is 50.9 Å². The van der Waals surface area contributed by atoms with Gasteiger partial charge in [-0.05, 0) is 49.1 Å². The number of hydrogen-bond donors (Lipinski definition) is 2. The molecule has 13 heteroatoms. The van der Waals surface area contributed by atoms with Crippen LogP contribution >= 0.6 is 0 Å². The summed E-state index contributed by atoms with van der Waals surface area (Å²) < 4.78 is 31.7. The number of alkyl halides is 3. The van der Waals surface area contributed by atoms with Gasteiger partial charge in [-0.25, -0.2) is 4.79 Å². The number of halogens is 3. The van der Waals surface area contributed by atoms with Crippen LogP contribution in [0.25, 0.3) is 11.3 Å². The number of hydrogen-bond acceptors (Lipinski definition) is 6. The minimum atomic E-state index is -5.08. The number of aromatic nitrogens is 1. The van der Waals surface area contributed by atoms with Crippen molar-refractivity contribution in [3.63, 3.8) is 0 Å². The lowest BCUT2D eigenvalue weighted by atomic mass is 10.0. The molecule has 3 aliphatic heterocycles. The van der Waals surface area contributed by atoms with E-state index >= 15 is 0 Å². The summed E-state index contributed by atoms with van der Waals surface area (Å²) in [5.41, 5.74) is 3.67. The first kappa shape index (κ1) is 26.8. The summed E-state index contributed by atoms with van der Waals surface area (Å²) in [5, 5.41) is 9.44. The zero-order chi connectivity index (χ0) is 27.6. The van der Waals surface area contributed by atoms with E-state index in [0.717, 1.165) is 29.7 Å². The summed E-state index contributed by atoms with van der Waals surface area (Å²) in [6.45, 7) is 0.976. The molecule has 2 N–H and O–H groups in total. The maximum Gasteiger partial charge on any atom is 0.490 e. The Bertz CT molecular complexity index is 1310. The van der Waals surface area contributed by atoms with E-state index in [2.05, 4.69) is 10.3 Å². The van der Waals surface area contributed by atoms with Crippen molar-refractivity contribution < 1.29 is 42.3 Å². The monoisotopic (exact) mass is 532 g/mol. The standard InChI is InChI=1S/C23H22N4O4.C2HF3O2/c28-19-9-8-18(22(30)25-19)27-13-15-12-14(6-7-16(15)23(27)31)21-17(4-3-10-24-21)26-11-2-1-5-20(26)29;3-2(4,5)1(6)7/h3-4,6-7,10,12,18H,1-2,5,8-9,11,13H2,(H,25,28,30);(H,6,7). The first-order valence-corrected chi connectivity index (χ1v) is 11.8. The molecule has 0 radical (unpaired) electrons. The number of benzene rings is 1. The Morgan fingerprint density at radius 3 is 2.47 bits per heavy atom. The van der Waals surface area contributed by atoms with Crippen molar-refractivity contribution in [2.75, 3.05) is 11.4 Å². The van der Waals surface area contributed by atoms with Crippen LogP contribution in [0.4, 0.5) is 18.9 Å². The molecule has 10 nitrogen and oxygen atoms in total. The van der Waals surface area contributed by atoms with Crippen molar-refractivity contribution in [3.05, 3.63) is 47.7 Å². The minimum absolute atomic E-state index is 0.0980. The molecule has 4 amide bonds. The number of amides is 4. The van der Waals surface area contributed by atoms with Gasteiger partial charge >= 0.3 is 12.1 Å². The predicted octanol–water partition coefficient (Wildman–Crippen LogP) is 2.66. The van der Waals surface area contributed by atoms with E-state index in [9.17, 15) is 32.3 Å². The van der Waals surface area contributed by atoms with Crippen molar-refractivity contribution in [2.24, 2.45) is 0 Å². The van der Waals surface area contributed by atoms with Gasteiger partial charge in [0, 0.05) is 43.3 Å². The van der Waals surface area contributed by atoms with Crippen LogP contribution in [-0.2, 0) is 25.7 Å². The van der Waals surface area contributed by atoms with Gasteiger partial charge in [0.15, 0.2) is 0 Å². The number of fused-ring (bicyclic) bond motifs is 1. The van der Waals surface area contributed by atoms with Gasteiger partial charge in [0.25, 0.3) is 5.91 Å².